The van der Waals surface area contributed by atoms with Crippen LogP contribution in [0, 0.1) is 13.8 Å². The summed E-state index contributed by atoms with van der Waals surface area (Å²) in [6.45, 7) is 3.51. The van der Waals surface area contributed by atoms with Crippen LogP contribution in [0.1, 0.15) is 17.0 Å². The molecule has 2 rings (SSSR count). The zero-order chi connectivity index (χ0) is 14.4. The molecule has 1 aromatic carbocycles. The Kier molecular flexibility index (Phi) is 3.34. The molecule has 1 aromatic heterocycles. The molecule has 2 N–H and O–H groups in total. The Morgan fingerprint density at radius 3 is 2.32 bits per heavy atom. The lowest BCUT2D eigenvalue weighted by molar-refractivity contribution is -0.137. The van der Waals surface area contributed by atoms with E-state index in [4.69, 9.17) is 5.73 Å². The van der Waals surface area contributed by atoms with Crippen LogP contribution in [-0.2, 0) is 6.18 Å². The number of alkyl halides is 3. The summed E-state index contributed by atoms with van der Waals surface area (Å²) < 4.78 is 39.6. The monoisotopic (exact) mass is 333 g/mol. The molecule has 0 aliphatic rings. The van der Waals surface area contributed by atoms with Gasteiger partial charge in [0.15, 0.2) is 0 Å². The molecule has 0 bridgehead atoms. The van der Waals surface area contributed by atoms with Crippen LogP contribution in [-0.4, -0.2) is 9.78 Å². The van der Waals surface area contributed by atoms with Gasteiger partial charge >= 0.3 is 6.18 Å². The number of nitrogens with zero attached hydrogens (tertiary/aromatic N) is 2. The Labute approximate surface area is 116 Å². The van der Waals surface area contributed by atoms with Crippen LogP contribution < -0.4 is 5.73 Å². The molecule has 0 aliphatic carbocycles. The highest BCUT2D eigenvalue weighted by Crippen LogP contribution is 2.34. The van der Waals surface area contributed by atoms with E-state index in [0.717, 1.165) is 12.1 Å². The normalized spacial score (nSPS) is 11.9. The minimum Gasteiger partial charge on any atom is -0.396 e. The van der Waals surface area contributed by atoms with E-state index in [1.807, 2.05) is 0 Å². The van der Waals surface area contributed by atoms with Gasteiger partial charge in [-0.15, -0.1) is 0 Å². The predicted octanol–water partition coefficient (Wildman–Crippen LogP) is 3.85. The van der Waals surface area contributed by atoms with Crippen LogP contribution in [0.2, 0.25) is 0 Å². The first-order valence-electron chi connectivity index (χ1n) is 5.40. The number of rotatable bonds is 1. The second kappa shape index (κ2) is 4.56. The summed E-state index contributed by atoms with van der Waals surface area (Å²) in [7, 11) is 0. The summed E-state index contributed by atoms with van der Waals surface area (Å²) in [6, 6.07) is 3.42. The molecular weight excluding hydrogens is 323 g/mol. The topological polar surface area (TPSA) is 43.8 Å². The van der Waals surface area contributed by atoms with Crippen molar-refractivity contribution in [1.29, 1.82) is 0 Å². The van der Waals surface area contributed by atoms with Crippen LogP contribution >= 0.6 is 15.9 Å². The molecule has 19 heavy (non-hydrogen) atoms. The molecule has 1 heterocycles. The molecule has 0 atom stereocenters. The SMILES string of the molecule is Cc1nn(-c2ccc(C(F)(F)F)cc2Br)c(C)c1N. The number of nitrogen functional groups attached to an aromatic ring is 1. The fraction of sp³-hybridized carbons (Fsp3) is 0.250. The average Bonchev–Trinajstić information content (AvgIpc) is 2.56. The lowest BCUT2D eigenvalue weighted by Gasteiger charge is -2.11. The van der Waals surface area contributed by atoms with E-state index >= 15 is 0 Å². The van der Waals surface area contributed by atoms with Crippen molar-refractivity contribution in [3.05, 3.63) is 39.6 Å². The summed E-state index contributed by atoms with van der Waals surface area (Å²) in [4.78, 5) is 0. The smallest absolute Gasteiger partial charge is 0.396 e. The molecule has 0 amide bonds. The molecule has 0 fully saturated rings. The Balaban J connectivity index is 2.55. The quantitative estimate of drug-likeness (QED) is 0.861. The molecule has 0 aliphatic heterocycles. The van der Waals surface area contributed by atoms with Crippen molar-refractivity contribution in [2.45, 2.75) is 20.0 Å². The maximum absolute atomic E-state index is 12.6. The van der Waals surface area contributed by atoms with Gasteiger partial charge in [0, 0.05) is 4.47 Å². The van der Waals surface area contributed by atoms with Gasteiger partial charge in [-0.3, -0.25) is 0 Å². The standard InChI is InChI=1S/C12H11BrF3N3/c1-6-11(17)7(2)19(18-6)10-4-3-8(5-9(10)13)12(14,15)16/h3-5H,17H2,1-2H3. The molecule has 7 heteroatoms. The van der Waals surface area contributed by atoms with Crippen molar-refractivity contribution in [3.63, 3.8) is 0 Å². The van der Waals surface area contributed by atoms with E-state index in [9.17, 15) is 13.2 Å². The summed E-state index contributed by atoms with van der Waals surface area (Å²) in [5, 5.41) is 4.21. The Morgan fingerprint density at radius 1 is 1.26 bits per heavy atom. The van der Waals surface area contributed by atoms with Crippen molar-refractivity contribution in [3.8, 4) is 5.69 Å². The van der Waals surface area contributed by atoms with Gasteiger partial charge in [0.2, 0.25) is 0 Å². The van der Waals surface area contributed by atoms with E-state index in [-0.39, 0.29) is 0 Å². The largest absolute Gasteiger partial charge is 0.416 e. The van der Waals surface area contributed by atoms with Crippen molar-refractivity contribution in [1.82, 2.24) is 9.78 Å². The average molecular weight is 334 g/mol. The second-order valence-electron chi connectivity index (χ2n) is 4.16. The van der Waals surface area contributed by atoms with E-state index in [1.165, 1.54) is 10.7 Å². The lowest BCUT2D eigenvalue weighted by Crippen LogP contribution is -2.07. The van der Waals surface area contributed by atoms with Crippen LogP contribution in [0.5, 0.6) is 0 Å². The molecule has 0 unspecified atom stereocenters. The number of hydrogen-bond acceptors (Lipinski definition) is 2. The van der Waals surface area contributed by atoms with Gasteiger partial charge in [-0.25, -0.2) is 4.68 Å². The third-order valence-electron chi connectivity index (χ3n) is 2.85. The highest BCUT2D eigenvalue weighted by molar-refractivity contribution is 9.10. The zero-order valence-corrected chi connectivity index (χ0v) is 11.8. The van der Waals surface area contributed by atoms with Crippen LogP contribution in [0.15, 0.2) is 22.7 Å². The summed E-state index contributed by atoms with van der Waals surface area (Å²) in [5.74, 6) is 0. The number of anilines is 1. The fourth-order valence-electron chi connectivity index (χ4n) is 1.74. The van der Waals surface area contributed by atoms with Crippen molar-refractivity contribution in [2.75, 3.05) is 5.73 Å². The predicted molar refractivity (Wildman–Crippen MR) is 70.2 cm³/mol. The molecular formula is C12H11BrF3N3. The number of aromatic nitrogens is 2. The van der Waals surface area contributed by atoms with Gasteiger partial charge < -0.3 is 5.73 Å². The Morgan fingerprint density at radius 2 is 1.89 bits per heavy atom. The fourth-order valence-corrected chi connectivity index (χ4v) is 2.29. The van der Waals surface area contributed by atoms with E-state index in [1.54, 1.807) is 13.8 Å². The highest BCUT2D eigenvalue weighted by Gasteiger charge is 2.31. The zero-order valence-electron chi connectivity index (χ0n) is 10.2. The lowest BCUT2D eigenvalue weighted by atomic mass is 10.2. The van der Waals surface area contributed by atoms with Gasteiger partial charge in [-0.1, -0.05) is 0 Å². The molecule has 2 aromatic rings. The molecule has 102 valence electrons. The van der Waals surface area contributed by atoms with Gasteiger partial charge in [0.1, 0.15) is 0 Å². The van der Waals surface area contributed by atoms with Crippen LogP contribution in [0.3, 0.4) is 0 Å². The van der Waals surface area contributed by atoms with E-state index in [0.29, 0.717) is 27.2 Å². The molecule has 0 radical (unpaired) electrons. The maximum atomic E-state index is 12.6. The first kappa shape index (κ1) is 13.9. The highest BCUT2D eigenvalue weighted by atomic mass is 79.9. The van der Waals surface area contributed by atoms with Gasteiger partial charge in [-0.05, 0) is 48.0 Å². The summed E-state index contributed by atoms with van der Waals surface area (Å²) >= 11 is 3.14. The molecule has 3 nitrogen and oxygen atoms in total. The minimum atomic E-state index is -4.37. The van der Waals surface area contributed by atoms with E-state index in [2.05, 4.69) is 21.0 Å². The number of halogens is 4. The van der Waals surface area contributed by atoms with Crippen molar-refractivity contribution in [2.24, 2.45) is 0 Å². The van der Waals surface area contributed by atoms with Crippen LogP contribution in [0.4, 0.5) is 18.9 Å². The number of aryl methyl sites for hydroxylation is 1. The first-order chi connectivity index (χ1) is 8.71. The number of nitrogens with two attached hydrogens (primary N) is 1. The Bertz CT molecular complexity index is 632. The van der Waals surface area contributed by atoms with Gasteiger partial charge in [-0.2, -0.15) is 18.3 Å². The second-order valence-corrected chi connectivity index (χ2v) is 5.01. The van der Waals surface area contributed by atoms with Crippen molar-refractivity contribution < 1.29 is 13.2 Å². The van der Waals surface area contributed by atoms with Crippen LogP contribution in [0.25, 0.3) is 5.69 Å². The molecule has 0 saturated heterocycles. The summed E-state index contributed by atoms with van der Waals surface area (Å²) in [5.41, 5.74) is 7.49. The van der Waals surface area contributed by atoms with Gasteiger partial charge in [0.05, 0.1) is 28.3 Å². The third-order valence-corrected chi connectivity index (χ3v) is 3.49. The van der Waals surface area contributed by atoms with E-state index < -0.39 is 11.7 Å². The number of benzene rings is 1. The number of hydrogen-bond donors (Lipinski definition) is 1. The molecule has 0 saturated carbocycles. The summed E-state index contributed by atoms with van der Waals surface area (Å²) in [6.07, 6.45) is -4.37. The maximum Gasteiger partial charge on any atom is 0.416 e. The van der Waals surface area contributed by atoms with Gasteiger partial charge in [0.25, 0.3) is 0 Å². The Hall–Kier alpha value is -1.50. The molecule has 0 spiro atoms. The minimum absolute atomic E-state index is 0.313. The first-order valence-corrected chi connectivity index (χ1v) is 6.20. The third kappa shape index (κ3) is 2.47. The van der Waals surface area contributed by atoms with Crippen molar-refractivity contribution >= 4 is 21.6 Å².